The Morgan fingerprint density at radius 1 is 1.31 bits per heavy atom. The number of nitrogens with zero attached hydrogens (tertiary/aromatic N) is 2. The van der Waals surface area contributed by atoms with Crippen molar-refractivity contribution in [2.24, 2.45) is 0 Å². The van der Waals surface area contributed by atoms with Crippen LogP contribution in [0.15, 0.2) is 6.33 Å². The number of aromatic nitrogens is 2. The van der Waals surface area contributed by atoms with Crippen molar-refractivity contribution in [3.05, 3.63) is 11.5 Å². The Kier molecular flexibility index (Phi) is 5.28. The number of halogens is 1. The summed E-state index contributed by atoms with van der Waals surface area (Å²) in [5, 5.41) is 0.234. The van der Waals surface area contributed by atoms with Crippen molar-refractivity contribution < 1.29 is 14.2 Å². The van der Waals surface area contributed by atoms with Crippen LogP contribution < -0.4 is 9.47 Å². The quantitative estimate of drug-likeness (QED) is 0.567. The zero-order valence-corrected chi connectivity index (χ0v) is 10.3. The Hall–Kier alpha value is -1.07. The van der Waals surface area contributed by atoms with Crippen LogP contribution in [-0.4, -0.2) is 36.4 Å². The SMILES string of the molecule is COc1c(Cl)ncnc1OCCOC(C)C. The highest BCUT2D eigenvalue weighted by Crippen LogP contribution is 2.30. The maximum absolute atomic E-state index is 5.81. The molecule has 90 valence electrons. The number of ether oxygens (including phenoxy) is 3. The van der Waals surface area contributed by atoms with Gasteiger partial charge in [-0.2, -0.15) is 4.98 Å². The first-order valence-electron chi connectivity index (χ1n) is 4.94. The largest absolute Gasteiger partial charge is 0.489 e. The molecule has 0 aromatic carbocycles. The van der Waals surface area contributed by atoms with E-state index in [1.54, 1.807) is 0 Å². The summed E-state index contributed by atoms with van der Waals surface area (Å²) in [5.74, 6) is 0.670. The molecular formula is C10H15ClN2O3. The number of hydrogen-bond acceptors (Lipinski definition) is 5. The number of rotatable bonds is 6. The van der Waals surface area contributed by atoms with Crippen LogP contribution in [0.25, 0.3) is 0 Å². The lowest BCUT2D eigenvalue weighted by atomic mass is 10.5. The highest BCUT2D eigenvalue weighted by Gasteiger charge is 2.11. The monoisotopic (exact) mass is 246 g/mol. The van der Waals surface area contributed by atoms with E-state index in [1.165, 1.54) is 13.4 Å². The fraction of sp³-hybridized carbons (Fsp3) is 0.600. The molecule has 0 atom stereocenters. The van der Waals surface area contributed by atoms with Gasteiger partial charge in [0, 0.05) is 0 Å². The summed E-state index contributed by atoms with van der Waals surface area (Å²) < 4.78 is 15.7. The lowest BCUT2D eigenvalue weighted by molar-refractivity contribution is 0.0535. The van der Waals surface area contributed by atoms with Gasteiger partial charge in [0.2, 0.25) is 5.75 Å². The second-order valence-corrected chi connectivity index (χ2v) is 3.63. The maximum Gasteiger partial charge on any atom is 0.261 e. The van der Waals surface area contributed by atoms with Gasteiger partial charge in [-0.3, -0.25) is 0 Å². The first-order chi connectivity index (χ1) is 7.65. The van der Waals surface area contributed by atoms with Gasteiger partial charge in [-0.15, -0.1) is 0 Å². The second kappa shape index (κ2) is 6.50. The standard InChI is InChI=1S/C10H15ClN2O3/c1-7(2)15-4-5-16-10-8(14-3)9(11)12-6-13-10/h6-7H,4-5H2,1-3H3. The van der Waals surface area contributed by atoms with E-state index in [2.05, 4.69) is 9.97 Å². The van der Waals surface area contributed by atoms with Gasteiger partial charge >= 0.3 is 0 Å². The summed E-state index contributed by atoms with van der Waals surface area (Å²) in [6, 6.07) is 0. The van der Waals surface area contributed by atoms with Gasteiger partial charge in [-0.05, 0) is 13.8 Å². The van der Waals surface area contributed by atoms with Gasteiger partial charge in [0.25, 0.3) is 5.88 Å². The Morgan fingerprint density at radius 3 is 2.69 bits per heavy atom. The predicted octanol–water partition coefficient (Wildman–Crippen LogP) is 1.94. The molecule has 1 rings (SSSR count). The Morgan fingerprint density at radius 2 is 2.06 bits per heavy atom. The molecule has 0 radical (unpaired) electrons. The molecule has 1 heterocycles. The van der Waals surface area contributed by atoms with Crippen LogP contribution in [0.2, 0.25) is 5.15 Å². The minimum atomic E-state index is 0.180. The molecule has 0 aliphatic carbocycles. The average molecular weight is 247 g/mol. The third-order valence-electron chi connectivity index (χ3n) is 1.71. The molecule has 5 nitrogen and oxygen atoms in total. The average Bonchev–Trinajstić information content (AvgIpc) is 2.24. The number of methoxy groups -OCH3 is 1. The summed E-state index contributed by atoms with van der Waals surface area (Å²) in [5.41, 5.74) is 0. The van der Waals surface area contributed by atoms with Crippen molar-refractivity contribution in [3.63, 3.8) is 0 Å². The van der Waals surface area contributed by atoms with Crippen LogP contribution in [0, 0.1) is 0 Å². The summed E-state index contributed by atoms with van der Waals surface area (Å²) in [7, 11) is 1.49. The zero-order chi connectivity index (χ0) is 12.0. The van der Waals surface area contributed by atoms with Crippen molar-refractivity contribution >= 4 is 11.6 Å². The topological polar surface area (TPSA) is 53.5 Å². The molecule has 0 spiro atoms. The van der Waals surface area contributed by atoms with Crippen LogP contribution in [0.5, 0.6) is 11.6 Å². The highest BCUT2D eigenvalue weighted by atomic mass is 35.5. The van der Waals surface area contributed by atoms with Gasteiger partial charge in [-0.1, -0.05) is 11.6 Å². The minimum absolute atomic E-state index is 0.180. The molecule has 0 unspecified atom stereocenters. The third kappa shape index (κ3) is 3.83. The van der Waals surface area contributed by atoms with Crippen LogP contribution in [0.3, 0.4) is 0 Å². The van der Waals surface area contributed by atoms with Gasteiger partial charge in [0.1, 0.15) is 12.9 Å². The van der Waals surface area contributed by atoms with Crippen LogP contribution >= 0.6 is 11.6 Å². The molecular weight excluding hydrogens is 232 g/mol. The molecule has 1 aromatic heterocycles. The van der Waals surface area contributed by atoms with Gasteiger partial charge in [0.05, 0.1) is 19.8 Å². The van der Waals surface area contributed by atoms with E-state index in [-0.39, 0.29) is 11.3 Å². The molecule has 6 heteroatoms. The summed E-state index contributed by atoms with van der Waals surface area (Å²) in [4.78, 5) is 7.71. The normalized spacial score (nSPS) is 10.6. The predicted molar refractivity (Wildman–Crippen MR) is 60.2 cm³/mol. The second-order valence-electron chi connectivity index (χ2n) is 3.27. The minimum Gasteiger partial charge on any atom is -0.489 e. The maximum atomic E-state index is 5.81. The van der Waals surface area contributed by atoms with Crippen molar-refractivity contribution in [1.82, 2.24) is 9.97 Å². The Balaban J connectivity index is 2.50. The number of hydrogen-bond donors (Lipinski definition) is 0. The Bertz CT molecular complexity index is 334. The third-order valence-corrected chi connectivity index (χ3v) is 1.97. The molecule has 0 saturated heterocycles. The Labute approximate surface area is 99.7 Å². The van der Waals surface area contributed by atoms with Crippen molar-refractivity contribution in [1.29, 1.82) is 0 Å². The lowest BCUT2D eigenvalue weighted by Gasteiger charge is -2.11. The first kappa shape index (κ1) is 13.0. The first-order valence-corrected chi connectivity index (χ1v) is 5.31. The molecule has 0 aliphatic heterocycles. The van der Waals surface area contributed by atoms with Gasteiger partial charge < -0.3 is 14.2 Å². The lowest BCUT2D eigenvalue weighted by Crippen LogP contribution is -2.12. The molecule has 0 amide bonds. The van der Waals surface area contributed by atoms with E-state index in [0.717, 1.165) is 0 Å². The molecule has 0 saturated carbocycles. The van der Waals surface area contributed by atoms with Crippen LogP contribution in [0.1, 0.15) is 13.8 Å². The van der Waals surface area contributed by atoms with E-state index in [9.17, 15) is 0 Å². The van der Waals surface area contributed by atoms with Crippen LogP contribution in [0.4, 0.5) is 0 Å². The molecule has 0 N–H and O–H groups in total. The van der Waals surface area contributed by atoms with Crippen molar-refractivity contribution in [3.8, 4) is 11.6 Å². The summed E-state index contributed by atoms with van der Waals surface area (Å²) in [6.07, 6.45) is 1.50. The fourth-order valence-electron chi connectivity index (χ4n) is 1.03. The van der Waals surface area contributed by atoms with E-state index in [4.69, 9.17) is 25.8 Å². The fourth-order valence-corrected chi connectivity index (χ4v) is 1.24. The molecule has 0 bridgehead atoms. The summed E-state index contributed by atoms with van der Waals surface area (Å²) in [6.45, 7) is 4.80. The summed E-state index contributed by atoms with van der Waals surface area (Å²) >= 11 is 5.81. The molecule has 16 heavy (non-hydrogen) atoms. The smallest absolute Gasteiger partial charge is 0.261 e. The van der Waals surface area contributed by atoms with E-state index in [0.29, 0.717) is 24.8 Å². The molecule has 0 fully saturated rings. The van der Waals surface area contributed by atoms with Crippen molar-refractivity contribution in [2.45, 2.75) is 20.0 Å². The van der Waals surface area contributed by atoms with Crippen LogP contribution in [-0.2, 0) is 4.74 Å². The molecule has 0 aliphatic rings. The van der Waals surface area contributed by atoms with E-state index >= 15 is 0 Å². The van der Waals surface area contributed by atoms with E-state index in [1.807, 2.05) is 13.8 Å². The zero-order valence-electron chi connectivity index (χ0n) is 9.57. The van der Waals surface area contributed by atoms with E-state index < -0.39 is 0 Å². The van der Waals surface area contributed by atoms with Gasteiger partial charge in [0.15, 0.2) is 5.15 Å². The molecule has 1 aromatic rings. The highest BCUT2D eigenvalue weighted by molar-refractivity contribution is 6.31. The van der Waals surface area contributed by atoms with Crippen molar-refractivity contribution in [2.75, 3.05) is 20.3 Å². The van der Waals surface area contributed by atoms with Gasteiger partial charge in [-0.25, -0.2) is 4.98 Å².